The van der Waals surface area contributed by atoms with Gasteiger partial charge in [-0.25, -0.2) is 0 Å². The zero-order chi connectivity index (χ0) is 16.6. The van der Waals surface area contributed by atoms with E-state index in [4.69, 9.17) is 12.2 Å². The molecule has 1 aromatic rings. The molecular formula is C17H18INO2S2. The molecule has 1 saturated heterocycles. The molecule has 1 aromatic carbocycles. The number of phenols is 1. The van der Waals surface area contributed by atoms with Crippen molar-refractivity contribution < 1.29 is 9.90 Å². The first-order chi connectivity index (χ1) is 11.0. The summed E-state index contributed by atoms with van der Waals surface area (Å²) >= 11 is 9.00. The van der Waals surface area contributed by atoms with Gasteiger partial charge in [-0.3, -0.25) is 9.69 Å². The van der Waals surface area contributed by atoms with E-state index in [1.54, 1.807) is 11.0 Å². The minimum Gasteiger partial charge on any atom is -0.507 e. The van der Waals surface area contributed by atoms with Crippen LogP contribution in [0.15, 0.2) is 17.0 Å². The van der Waals surface area contributed by atoms with Gasteiger partial charge in [-0.15, -0.1) is 0 Å². The Morgan fingerprint density at radius 1 is 1.35 bits per heavy atom. The molecule has 2 aliphatic rings. The summed E-state index contributed by atoms with van der Waals surface area (Å²) in [6.45, 7) is 1.86. The molecule has 1 N–H and O–H groups in total. The average Bonchev–Trinajstić information content (AvgIpc) is 2.79. The Balaban J connectivity index is 1.90. The van der Waals surface area contributed by atoms with Crippen LogP contribution in [0.3, 0.4) is 0 Å². The lowest BCUT2D eigenvalue weighted by Gasteiger charge is -2.29. The third-order valence-electron chi connectivity index (χ3n) is 4.34. The van der Waals surface area contributed by atoms with Crippen molar-refractivity contribution in [2.45, 2.75) is 45.1 Å². The molecule has 0 unspecified atom stereocenters. The largest absolute Gasteiger partial charge is 0.507 e. The molecule has 1 aliphatic heterocycles. The number of aryl methyl sites for hydroxylation is 1. The monoisotopic (exact) mass is 459 g/mol. The third-order valence-corrected chi connectivity index (χ3v) is 6.30. The van der Waals surface area contributed by atoms with E-state index in [-0.39, 0.29) is 17.7 Å². The van der Waals surface area contributed by atoms with E-state index in [9.17, 15) is 9.90 Å². The Morgan fingerprint density at radius 3 is 2.74 bits per heavy atom. The molecule has 3 nitrogen and oxygen atoms in total. The maximum absolute atomic E-state index is 12.8. The number of carbonyl (C=O) groups excluding carboxylic acids is 1. The maximum Gasteiger partial charge on any atom is 0.266 e. The number of aromatic hydroxyl groups is 1. The molecule has 0 atom stereocenters. The van der Waals surface area contributed by atoms with Crippen LogP contribution in [0, 0.1) is 10.5 Å². The quantitative estimate of drug-likeness (QED) is 0.391. The number of thiocarbonyl (C=S) groups is 1. The van der Waals surface area contributed by atoms with E-state index in [0.29, 0.717) is 14.8 Å². The normalized spacial score (nSPS) is 21.5. The molecule has 2 fully saturated rings. The van der Waals surface area contributed by atoms with E-state index in [0.717, 1.165) is 34.8 Å². The van der Waals surface area contributed by atoms with Crippen LogP contribution in [0.4, 0.5) is 0 Å². The Bertz CT molecular complexity index is 696. The molecule has 23 heavy (non-hydrogen) atoms. The summed E-state index contributed by atoms with van der Waals surface area (Å²) in [5, 5.41) is 10.2. The van der Waals surface area contributed by atoms with Crippen molar-refractivity contribution in [2.24, 2.45) is 0 Å². The van der Waals surface area contributed by atoms with Crippen LogP contribution in [-0.4, -0.2) is 26.3 Å². The smallest absolute Gasteiger partial charge is 0.266 e. The number of amides is 1. The van der Waals surface area contributed by atoms with Gasteiger partial charge >= 0.3 is 0 Å². The molecule has 0 radical (unpaired) electrons. The van der Waals surface area contributed by atoms with Gasteiger partial charge in [-0.2, -0.15) is 0 Å². The zero-order valence-electron chi connectivity index (χ0n) is 12.8. The number of hydrogen-bond acceptors (Lipinski definition) is 4. The van der Waals surface area contributed by atoms with Gasteiger partial charge in [0.1, 0.15) is 10.1 Å². The van der Waals surface area contributed by atoms with Gasteiger partial charge in [0.15, 0.2) is 0 Å². The van der Waals surface area contributed by atoms with Crippen molar-refractivity contribution in [3.63, 3.8) is 0 Å². The summed E-state index contributed by atoms with van der Waals surface area (Å²) in [5.74, 6) is 0.219. The Labute approximate surface area is 159 Å². The van der Waals surface area contributed by atoms with Crippen molar-refractivity contribution in [1.29, 1.82) is 0 Å². The minimum absolute atomic E-state index is 0.0113. The Kier molecular flexibility index (Phi) is 5.32. The summed E-state index contributed by atoms with van der Waals surface area (Å²) in [6, 6.07) is 4.05. The number of benzene rings is 1. The second kappa shape index (κ2) is 7.11. The first-order valence-corrected chi connectivity index (χ1v) is 10.0. The third kappa shape index (κ3) is 3.58. The zero-order valence-corrected chi connectivity index (χ0v) is 16.6. The minimum atomic E-state index is -0.0113. The fourth-order valence-corrected chi connectivity index (χ4v) is 5.34. The number of carbonyl (C=O) groups is 1. The van der Waals surface area contributed by atoms with Crippen LogP contribution in [0.2, 0.25) is 0 Å². The Hall–Kier alpha value is -0.600. The second-order valence-electron chi connectivity index (χ2n) is 6.00. The summed E-state index contributed by atoms with van der Waals surface area (Å²) < 4.78 is 1.68. The van der Waals surface area contributed by atoms with Gasteiger partial charge in [-0.1, -0.05) is 43.2 Å². The maximum atomic E-state index is 12.8. The molecule has 1 saturated carbocycles. The van der Waals surface area contributed by atoms with Crippen molar-refractivity contribution in [3.8, 4) is 5.75 Å². The topological polar surface area (TPSA) is 40.5 Å². The highest BCUT2D eigenvalue weighted by atomic mass is 127. The van der Waals surface area contributed by atoms with Gasteiger partial charge in [0.05, 0.1) is 4.91 Å². The second-order valence-corrected chi connectivity index (χ2v) is 8.93. The molecule has 0 bridgehead atoms. The van der Waals surface area contributed by atoms with Crippen LogP contribution >= 0.6 is 46.6 Å². The highest BCUT2D eigenvalue weighted by Gasteiger charge is 2.37. The molecule has 122 valence electrons. The summed E-state index contributed by atoms with van der Waals surface area (Å²) in [5.41, 5.74) is 1.49. The van der Waals surface area contributed by atoms with E-state index in [2.05, 4.69) is 22.6 Å². The summed E-state index contributed by atoms with van der Waals surface area (Å²) in [7, 11) is 0. The van der Waals surface area contributed by atoms with Crippen molar-refractivity contribution in [3.05, 3.63) is 31.7 Å². The first kappa shape index (κ1) is 17.2. The predicted molar refractivity (Wildman–Crippen MR) is 107 cm³/mol. The number of phenolic OH excluding ortho intramolecular Hbond substituents is 1. The summed E-state index contributed by atoms with van der Waals surface area (Å²) in [4.78, 5) is 15.2. The standard InChI is InChI=1S/C17H18INO2S2/c1-10-7-12(18)8-11(15(10)20)9-14-16(21)19(17(22)23-14)13-5-3-2-4-6-13/h7-9,13,20H,2-6H2,1H3. The van der Waals surface area contributed by atoms with Gasteiger partial charge in [0.2, 0.25) is 0 Å². The van der Waals surface area contributed by atoms with E-state index in [1.165, 1.54) is 18.2 Å². The molecule has 0 aromatic heterocycles. The molecule has 6 heteroatoms. The van der Waals surface area contributed by atoms with E-state index < -0.39 is 0 Å². The lowest BCUT2D eigenvalue weighted by Crippen LogP contribution is -2.39. The molecular weight excluding hydrogens is 441 g/mol. The van der Waals surface area contributed by atoms with Crippen LogP contribution in [0.1, 0.15) is 43.2 Å². The van der Waals surface area contributed by atoms with Gasteiger partial charge < -0.3 is 5.11 Å². The number of rotatable bonds is 2. The lowest BCUT2D eigenvalue weighted by molar-refractivity contribution is -0.124. The highest BCUT2D eigenvalue weighted by Crippen LogP contribution is 2.38. The van der Waals surface area contributed by atoms with Crippen molar-refractivity contribution in [1.82, 2.24) is 4.90 Å². The van der Waals surface area contributed by atoms with Gasteiger partial charge in [-0.05, 0) is 66.1 Å². The van der Waals surface area contributed by atoms with Crippen LogP contribution < -0.4 is 0 Å². The highest BCUT2D eigenvalue weighted by molar-refractivity contribution is 14.1. The summed E-state index contributed by atoms with van der Waals surface area (Å²) in [6.07, 6.45) is 7.42. The SMILES string of the molecule is Cc1cc(I)cc(C=C2SC(=S)N(C3CCCCC3)C2=O)c1O. The van der Waals surface area contributed by atoms with E-state index >= 15 is 0 Å². The first-order valence-electron chi connectivity index (χ1n) is 7.73. The predicted octanol–water partition coefficient (Wildman–Crippen LogP) is 4.84. The van der Waals surface area contributed by atoms with Crippen LogP contribution in [0.5, 0.6) is 5.75 Å². The number of thioether (sulfide) groups is 1. The van der Waals surface area contributed by atoms with E-state index in [1.807, 2.05) is 19.1 Å². The van der Waals surface area contributed by atoms with Gasteiger partial charge in [0.25, 0.3) is 5.91 Å². The Morgan fingerprint density at radius 2 is 2.04 bits per heavy atom. The average molecular weight is 459 g/mol. The molecule has 0 spiro atoms. The molecule has 3 rings (SSSR count). The number of halogens is 1. The molecule has 1 aliphatic carbocycles. The van der Waals surface area contributed by atoms with Crippen molar-refractivity contribution >= 4 is 62.9 Å². The fraction of sp³-hybridized carbons (Fsp3) is 0.412. The molecule has 1 amide bonds. The number of nitrogens with zero attached hydrogens (tertiary/aromatic N) is 1. The van der Waals surface area contributed by atoms with Crippen LogP contribution in [0.25, 0.3) is 6.08 Å². The van der Waals surface area contributed by atoms with Crippen LogP contribution in [-0.2, 0) is 4.79 Å². The fourth-order valence-electron chi connectivity index (χ4n) is 3.15. The number of hydrogen-bond donors (Lipinski definition) is 1. The lowest BCUT2D eigenvalue weighted by atomic mass is 9.94. The molecule has 1 heterocycles. The van der Waals surface area contributed by atoms with Crippen molar-refractivity contribution in [2.75, 3.05) is 0 Å². The van der Waals surface area contributed by atoms with Gasteiger partial charge in [0, 0.05) is 15.2 Å².